The summed E-state index contributed by atoms with van der Waals surface area (Å²) in [7, 11) is 3.22. The molecule has 0 spiro atoms. The zero-order valence-corrected chi connectivity index (χ0v) is 10.7. The van der Waals surface area contributed by atoms with Crippen molar-refractivity contribution in [1.82, 2.24) is 5.16 Å². The van der Waals surface area contributed by atoms with Crippen LogP contribution >= 0.6 is 0 Å². The average molecular weight is 248 g/mol. The van der Waals surface area contributed by atoms with Gasteiger partial charge in [-0.25, -0.2) is 0 Å². The largest absolute Gasteiger partial charge is 0.497 e. The van der Waals surface area contributed by atoms with Gasteiger partial charge in [0.1, 0.15) is 11.5 Å². The van der Waals surface area contributed by atoms with Crippen LogP contribution in [-0.2, 0) is 6.42 Å². The summed E-state index contributed by atoms with van der Waals surface area (Å²) in [6, 6.07) is 5.50. The Balaban J connectivity index is 2.60. The van der Waals surface area contributed by atoms with Gasteiger partial charge in [0.25, 0.3) is 0 Å². The molecular formula is C13H16N2O3. The van der Waals surface area contributed by atoms with Crippen molar-refractivity contribution in [2.45, 2.75) is 13.3 Å². The Bertz CT molecular complexity index is 549. The normalized spacial score (nSPS) is 10.4. The van der Waals surface area contributed by atoms with E-state index in [1.807, 2.05) is 25.1 Å². The van der Waals surface area contributed by atoms with E-state index in [0.717, 1.165) is 23.3 Å². The van der Waals surface area contributed by atoms with Gasteiger partial charge in [-0.2, -0.15) is 0 Å². The first-order valence-corrected chi connectivity index (χ1v) is 5.67. The van der Waals surface area contributed by atoms with Crippen molar-refractivity contribution in [3.63, 3.8) is 0 Å². The van der Waals surface area contributed by atoms with Crippen LogP contribution in [-0.4, -0.2) is 19.4 Å². The van der Waals surface area contributed by atoms with E-state index >= 15 is 0 Å². The van der Waals surface area contributed by atoms with Crippen molar-refractivity contribution < 1.29 is 14.0 Å². The molecule has 0 amide bonds. The quantitative estimate of drug-likeness (QED) is 0.900. The van der Waals surface area contributed by atoms with E-state index < -0.39 is 0 Å². The molecule has 0 fully saturated rings. The summed E-state index contributed by atoms with van der Waals surface area (Å²) in [6.45, 7) is 2.00. The van der Waals surface area contributed by atoms with Crippen LogP contribution in [0.15, 0.2) is 22.7 Å². The number of benzene rings is 1. The molecule has 0 radical (unpaired) electrons. The Morgan fingerprint density at radius 1 is 1.28 bits per heavy atom. The SMILES string of the molecule is CCc1c(N)noc1-c1cc(OC)ccc1OC. The number of nitrogens with two attached hydrogens (primary N) is 1. The highest BCUT2D eigenvalue weighted by atomic mass is 16.5. The number of rotatable bonds is 4. The predicted octanol–water partition coefficient (Wildman–Crippen LogP) is 2.50. The number of ether oxygens (including phenoxy) is 2. The fourth-order valence-electron chi connectivity index (χ4n) is 1.87. The topological polar surface area (TPSA) is 70.5 Å². The van der Waals surface area contributed by atoms with Gasteiger partial charge >= 0.3 is 0 Å². The molecule has 0 atom stereocenters. The van der Waals surface area contributed by atoms with Gasteiger partial charge in [-0.3, -0.25) is 0 Å². The Hall–Kier alpha value is -2.17. The number of methoxy groups -OCH3 is 2. The fourth-order valence-corrected chi connectivity index (χ4v) is 1.87. The highest BCUT2D eigenvalue weighted by Crippen LogP contribution is 2.37. The number of nitrogen functional groups attached to an aromatic ring is 1. The van der Waals surface area contributed by atoms with Crippen LogP contribution < -0.4 is 15.2 Å². The smallest absolute Gasteiger partial charge is 0.176 e. The molecule has 1 heterocycles. The third-order valence-corrected chi connectivity index (χ3v) is 2.82. The summed E-state index contributed by atoms with van der Waals surface area (Å²) < 4.78 is 15.8. The maximum absolute atomic E-state index is 5.77. The molecule has 18 heavy (non-hydrogen) atoms. The number of aromatic nitrogens is 1. The Kier molecular flexibility index (Phi) is 3.41. The molecule has 96 valence electrons. The van der Waals surface area contributed by atoms with Gasteiger partial charge < -0.3 is 19.7 Å². The molecule has 0 bridgehead atoms. The molecule has 1 aromatic carbocycles. The van der Waals surface area contributed by atoms with Gasteiger partial charge in [-0.15, -0.1) is 0 Å². The maximum atomic E-state index is 5.77. The van der Waals surface area contributed by atoms with Gasteiger partial charge in [0.2, 0.25) is 0 Å². The standard InChI is InChI=1S/C13H16N2O3/c1-4-9-12(18-15-13(9)14)10-7-8(16-2)5-6-11(10)17-3/h5-7H,4H2,1-3H3,(H2,14,15). The first kappa shape index (κ1) is 12.3. The summed E-state index contributed by atoms with van der Waals surface area (Å²) in [5.74, 6) is 2.47. The number of hydrogen-bond acceptors (Lipinski definition) is 5. The second-order valence-electron chi connectivity index (χ2n) is 3.80. The number of nitrogens with zero attached hydrogens (tertiary/aromatic N) is 1. The molecule has 0 aliphatic carbocycles. The Morgan fingerprint density at radius 3 is 2.67 bits per heavy atom. The monoisotopic (exact) mass is 248 g/mol. The molecule has 0 saturated carbocycles. The zero-order chi connectivity index (χ0) is 13.1. The molecule has 0 saturated heterocycles. The molecule has 5 heteroatoms. The molecule has 2 aromatic rings. The summed E-state index contributed by atoms with van der Waals surface area (Å²) >= 11 is 0. The van der Waals surface area contributed by atoms with E-state index in [2.05, 4.69) is 5.16 Å². The van der Waals surface area contributed by atoms with E-state index in [1.54, 1.807) is 14.2 Å². The molecule has 2 N–H and O–H groups in total. The molecule has 1 aromatic heterocycles. The lowest BCUT2D eigenvalue weighted by atomic mass is 10.1. The lowest BCUT2D eigenvalue weighted by molar-refractivity contribution is 0.398. The zero-order valence-electron chi connectivity index (χ0n) is 10.7. The maximum Gasteiger partial charge on any atom is 0.176 e. The van der Waals surface area contributed by atoms with E-state index in [4.69, 9.17) is 19.7 Å². The predicted molar refractivity (Wildman–Crippen MR) is 68.8 cm³/mol. The van der Waals surface area contributed by atoms with E-state index in [1.165, 1.54) is 0 Å². The van der Waals surface area contributed by atoms with Crippen LogP contribution in [0.5, 0.6) is 11.5 Å². The summed E-state index contributed by atoms with van der Waals surface area (Å²) in [4.78, 5) is 0. The Morgan fingerprint density at radius 2 is 2.06 bits per heavy atom. The van der Waals surface area contributed by atoms with Gasteiger partial charge in [-0.05, 0) is 24.6 Å². The summed E-state index contributed by atoms with van der Waals surface area (Å²) in [6.07, 6.45) is 0.741. The minimum atomic E-state index is 0.414. The average Bonchev–Trinajstić information content (AvgIpc) is 2.78. The fraction of sp³-hybridized carbons (Fsp3) is 0.308. The molecule has 5 nitrogen and oxygen atoms in total. The van der Waals surface area contributed by atoms with Crippen molar-refractivity contribution in [2.75, 3.05) is 20.0 Å². The van der Waals surface area contributed by atoms with E-state index in [-0.39, 0.29) is 0 Å². The molecule has 0 aliphatic rings. The highest BCUT2D eigenvalue weighted by molar-refractivity contribution is 5.73. The second kappa shape index (κ2) is 5.00. The van der Waals surface area contributed by atoms with Crippen LogP contribution in [0.4, 0.5) is 5.82 Å². The molecule has 0 aliphatic heterocycles. The van der Waals surface area contributed by atoms with Crippen molar-refractivity contribution in [1.29, 1.82) is 0 Å². The van der Waals surface area contributed by atoms with Gasteiger partial charge in [-0.1, -0.05) is 12.1 Å². The number of anilines is 1. The van der Waals surface area contributed by atoms with Gasteiger partial charge in [0.15, 0.2) is 11.6 Å². The minimum absolute atomic E-state index is 0.414. The molecule has 2 rings (SSSR count). The van der Waals surface area contributed by atoms with Crippen LogP contribution in [0.3, 0.4) is 0 Å². The lowest BCUT2D eigenvalue weighted by Gasteiger charge is -2.09. The van der Waals surface area contributed by atoms with Gasteiger partial charge in [0, 0.05) is 5.56 Å². The van der Waals surface area contributed by atoms with Crippen molar-refractivity contribution in [3.8, 4) is 22.8 Å². The van der Waals surface area contributed by atoms with Crippen molar-refractivity contribution >= 4 is 5.82 Å². The van der Waals surface area contributed by atoms with E-state index in [0.29, 0.717) is 17.3 Å². The third-order valence-electron chi connectivity index (χ3n) is 2.82. The molecular weight excluding hydrogens is 232 g/mol. The third kappa shape index (κ3) is 1.99. The first-order valence-electron chi connectivity index (χ1n) is 5.67. The van der Waals surface area contributed by atoms with E-state index in [9.17, 15) is 0 Å². The van der Waals surface area contributed by atoms with Crippen molar-refractivity contribution in [3.05, 3.63) is 23.8 Å². The highest BCUT2D eigenvalue weighted by Gasteiger charge is 2.18. The van der Waals surface area contributed by atoms with Crippen LogP contribution in [0.1, 0.15) is 12.5 Å². The molecule has 0 unspecified atom stereocenters. The van der Waals surface area contributed by atoms with Crippen LogP contribution in [0, 0.1) is 0 Å². The second-order valence-corrected chi connectivity index (χ2v) is 3.80. The lowest BCUT2D eigenvalue weighted by Crippen LogP contribution is -1.93. The van der Waals surface area contributed by atoms with Crippen LogP contribution in [0.25, 0.3) is 11.3 Å². The number of hydrogen-bond donors (Lipinski definition) is 1. The first-order chi connectivity index (χ1) is 8.71. The van der Waals surface area contributed by atoms with Crippen molar-refractivity contribution in [2.24, 2.45) is 0 Å². The Labute approximate surface area is 105 Å². The summed E-state index contributed by atoms with van der Waals surface area (Å²) in [5.41, 5.74) is 7.44. The minimum Gasteiger partial charge on any atom is -0.497 e. The van der Waals surface area contributed by atoms with Crippen LogP contribution in [0.2, 0.25) is 0 Å². The van der Waals surface area contributed by atoms with Gasteiger partial charge in [0.05, 0.1) is 19.8 Å². The summed E-state index contributed by atoms with van der Waals surface area (Å²) in [5, 5.41) is 3.80.